The minimum atomic E-state index is -2.98. The highest BCUT2D eigenvalue weighted by molar-refractivity contribution is 7.91. The van der Waals surface area contributed by atoms with E-state index in [1.807, 2.05) is 6.07 Å². The summed E-state index contributed by atoms with van der Waals surface area (Å²) >= 11 is 0. The molecule has 1 aromatic carbocycles. The SMILES string of the molecule is [C-]#[N+]c1cnc(C(=O)Nc2ccc(C(CC)(CC)N3CCS(=O)(=O)CC3)cc2C2=CCC3(CCCC3)CC2)[nH]1. The molecule has 3 aliphatic rings. The van der Waals surface area contributed by atoms with Crippen LogP contribution in [0.15, 0.2) is 30.5 Å². The molecule has 0 unspecified atom stereocenters. The molecule has 1 amide bonds. The Kier molecular flexibility index (Phi) is 7.71. The van der Waals surface area contributed by atoms with Crippen LogP contribution in [0.4, 0.5) is 11.5 Å². The zero-order valence-corrected chi connectivity index (χ0v) is 23.9. The lowest BCUT2D eigenvalue weighted by Crippen LogP contribution is -2.52. The van der Waals surface area contributed by atoms with Crippen molar-refractivity contribution in [2.24, 2.45) is 5.41 Å². The number of aromatic amines is 1. The van der Waals surface area contributed by atoms with Crippen molar-refractivity contribution in [3.63, 3.8) is 0 Å². The van der Waals surface area contributed by atoms with Gasteiger partial charge in [-0.2, -0.15) is 0 Å². The summed E-state index contributed by atoms with van der Waals surface area (Å²) in [5, 5.41) is 3.06. The van der Waals surface area contributed by atoms with Crippen molar-refractivity contribution in [3.8, 4) is 0 Å². The number of anilines is 1. The molecular weight excluding hydrogens is 510 g/mol. The van der Waals surface area contributed by atoms with E-state index in [1.54, 1.807) is 0 Å². The minimum Gasteiger partial charge on any atom is -0.363 e. The number of benzene rings is 1. The Bertz CT molecular complexity index is 1390. The summed E-state index contributed by atoms with van der Waals surface area (Å²) in [5.74, 6) is 0.356. The summed E-state index contributed by atoms with van der Waals surface area (Å²) in [5.41, 5.74) is 4.34. The summed E-state index contributed by atoms with van der Waals surface area (Å²) in [4.78, 5) is 25.6. The fraction of sp³-hybridized carbons (Fsp3) is 0.567. The maximum atomic E-state index is 13.1. The van der Waals surface area contributed by atoms with E-state index in [9.17, 15) is 13.2 Å². The van der Waals surface area contributed by atoms with E-state index in [4.69, 9.17) is 6.57 Å². The van der Waals surface area contributed by atoms with Crippen molar-refractivity contribution in [1.29, 1.82) is 0 Å². The molecule has 0 bridgehead atoms. The number of allylic oxidation sites excluding steroid dienone is 2. The Labute approximate surface area is 232 Å². The highest BCUT2D eigenvalue weighted by Gasteiger charge is 2.40. The Morgan fingerprint density at radius 1 is 1.18 bits per heavy atom. The van der Waals surface area contributed by atoms with Gasteiger partial charge in [-0.1, -0.05) is 45.4 Å². The van der Waals surface area contributed by atoms with E-state index in [0.717, 1.165) is 42.5 Å². The molecule has 39 heavy (non-hydrogen) atoms. The van der Waals surface area contributed by atoms with Crippen LogP contribution in [0, 0.1) is 12.0 Å². The Hall–Kier alpha value is -2.96. The normalized spacial score (nSPS) is 20.9. The van der Waals surface area contributed by atoms with Crippen LogP contribution < -0.4 is 5.32 Å². The quantitative estimate of drug-likeness (QED) is 0.408. The molecule has 2 fully saturated rings. The predicted octanol–water partition coefficient (Wildman–Crippen LogP) is 6.09. The molecule has 9 heteroatoms. The number of imidazole rings is 1. The highest BCUT2D eigenvalue weighted by atomic mass is 32.2. The molecule has 1 aromatic heterocycles. The third-order valence-electron chi connectivity index (χ3n) is 9.54. The van der Waals surface area contributed by atoms with Crippen LogP contribution in [-0.2, 0) is 15.4 Å². The second-order valence-electron chi connectivity index (χ2n) is 11.5. The first-order valence-corrected chi connectivity index (χ1v) is 16.1. The fourth-order valence-corrected chi connectivity index (χ4v) is 8.27. The molecule has 1 aliphatic heterocycles. The lowest BCUT2D eigenvalue weighted by molar-refractivity contribution is 0.0852. The third kappa shape index (κ3) is 5.42. The average molecular weight is 550 g/mol. The van der Waals surface area contributed by atoms with Gasteiger partial charge in [0.15, 0.2) is 9.84 Å². The maximum Gasteiger partial charge on any atom is 0.314 e. The number of amides is 1. The topological polar surface area (TPSA) is 99.5 Å². The monoisotopic (exact) mass is 549 g/mol. The standard InChI is InChI=1S/C30H39N5O3S/c1-4-30(5-2,35-16-18-39(37,38)19-17-35)23-8-9-25(33-28(36)27-32-21-26(31-3)34-27)24(20-23)22-10-14-29(15-11-22)12-6-7-13-29/h8-10,20-21H,4-7,11-19H2,1-2H3,(H,32,34)(H,33,36). The Morgan fingerprint density at radius 2 is 1.90 bits per heavy atom. The smallest absolute Gasteiger partial charge is 0.314 e. The zero-order valence-electron chi connectivity index (χ0n) is 23.1. The largest absolute Gasteiger partial charge is 0.363 e. The van der Waals surface area contributed by atoms with Gasteiger partial charge in [0.2, 0.25) is 5.82 Å². The third-order valence-corrected chi connectivity index (χ3v) is 11.1. The van der Waals surface area contributed by atoms with Gasteiger partial charge in [0, 0.05) is 29.9 Å². The Balaban J connectivity index is 1.52. The number of nitrogens with one attached hydrogen (secondary N) is 2. The number of H-pyrrole nitrogens is 1. The van der Waals surface area contributed by atoms with Gasteiger partial charge in [-0.3, -0.25) is 14.7 Å². The van der Waals surface area contributed by atoms with E-state index >= 15 is 0 Å². The molecule has 1 saturated heterocycles. The first-order chi connectivity index (χ1) is 18.7. The van der Waals surface area contributed by atoms with E-state index in [1.165, 1.54) is 43.9 Å². The molecule has 5 rings (SSSR count). The molecule has 1 spiro atoms. The zero-order chi connectivity index (χ0) is 27.7. The number of nitrogens with zero attached hydrogens (tertiary/aromatic N) is 3. The van der Waals surface area contributed by atoms with Gasteiger partial charge < -0.3 is 10.2 Å². The van der Waals surface area contributed by atoms with Gasteiger partial charge in [0.1, 0.15) is 0 Å². The molecular formula is C30H39N5O3S. The lowest BCUT2D eigenvalue weighted by Gasteiger charge is -2.46. The minimum absolute atomic E-state index is 0.115. The van der Waals surface area contributed by atoms with Gasteiger partial charge in [-0.15, -0.1) is 0 Å². The number of aromatic nitrogens is 2. The van der Waals surface area contributed by atoms with Crippen LogP contribution in [0.25, 0.3) is 10.4 Å². The average Bonchev–Trinajstić information content (AvgIpc) is 3.62. The molecule has 208 valence electrons. The number of rotatable bonds is 7. The fourth-order valence-electron chi connectivity index (χ4n) is 7.07. The van der Waals surface area contributed by atoms with E-state index in [-0.39, 0.29) is 34.6 Å². The van der Waals surface area contributed by atoms with Crippen LogP contribution >= 0.6 is 0 Å². The molecule has 2 aliphatic carbocycles. The summed E-state index contributed by atoms with van der Waals surface area (Å²) in [7, 11) is -2.98. The highest BCUT2D eigenvalue weighted by Crippen LogP contribution is 2.50. The summed E-state index contributed by atoms with van der Waals surface area (Å²) in [6.45, 7) is 12.6. The van der Waals surface area contributed by atoms with Crippen LogP contribution in [0.1, 0.15) is 93.4 Å². The second kappa shape index (κ2) is 10.9. The number of hydrogen-bond donors (Lipinski definition) is 2. The molecule has 8 nitrogen and oxygen atoms in total. The lowest BCUT2D eigenvalue weighted by atomic mass is 9.72. The van der Waals surface area contributed by atoms with Crippen molar-refractivity contribution in [1.82, 2.24) is 14.9 Å². The number of carbonyl (C=O) groups excluding carboxylic acids is 1. The van der Waals surface area contributed by atoms with Crippen molar-refractivity contribution in [2.45, 2.75) is 77.2 Å². The van der Waals surface area contributed by atoms with Gasteiger partial charge in [-0.05, 0) is 73.6 Å². The van der Waals surface area contributed by atoms with Crippen molar-refractivity contribution < 1.29 is 13.2 Å². The van der Waals surface area contributed by atoms with Gasteiger partial charge in [0.05, 0.1) is 17.7 Å². The molecule has 2 aromatic rings. The first-order valence-electron chi connectivity index (χ1n) is 14.3. The number of carbonyl (C=O) groups is 1. The van der Waals surface area contributed by atoms with Crippen molar-refractivity contribution in [3.05, 3.63) is 58.8 Å². The van der Waals surface area contributed by atoms with Gasteiger partial charge in [0.25, 0.3) is 5.82 Å². The van der Waals surface area contributed by atoms with E-state index in [2.05, 4.69) is 57.1 Å². The van der Waals surface area contributed by atoms with Crippen LogP contribution in [0.3, 0.4) is 0 Å². The van der Waals surface area contributed by atoms with Crippen molar-refractivity contribution >= 4 is 32.8 Å². The molecule has 2 heterocycles. The van der Waals surface area contributed by atoms with E-state index < -0.39 is 9.84 Å². The second-order valence-corrected chi connectivity index (χ2v) is 13.8. The molecule has 2 N–H and O–H groups in total. The van der Waals surface area contributed by atoms with Crippen LogP contribution in [0.5, 0.6) is 0 Å². The number of sulfone groups is 1. The Morgan fingerprint density at radius 3 is 2.49 bits per heavy atom. The van der Waals surface area contributed by atoms with Crippen molar-refractivity contribution in [2.75, 3.05) is 29.9 Å². The molecule has 1 saturated carbocycles. The summed E-state index contributed by atoms with van der Waals surface area (Å²) in [6, 6.07) is 6.31. The first kappa shape index (κ1) is 27.6. The van der Waals surface area contributed by atoms with Gasteiger partial charge in [-0.25, -0.2) is 13.4 Å². The molecule has 0 radical (unpaired) electrons. The molecule has 0 atom stereocenters. The van der Waals surface area contributed by atoms with Gasteiger partial charge >= 0.3 is 5.91 Å². The predicted molar refractivity (Wildman–Crippen MR) is 154 cm³/mol. The number of hydrogen-bond acceptors (Lipinski definition) is 5. The summed E-state index contributed by atoms with van der Waals surface area (Å²) < 4.78 is 24.4. The van der Waals surface area contributed by atoms with E-state index in [0.29, 0.717) is 18.5 Å². The van der Waals surface area contributed by atoms with Crippen LogP contribution in [0.2, 0.25) is 0 Å². The maximum absolute atomic E-state index is 13.1. The van der Waals surface area contributed by atoms with Crippen LogP contribution in [-0.4, -0.2) is 53.8 Å². The summed E-state index contributed by atoms with van der Waals surface area (Å²) in [6.07, 6.45) is 13.9.